The lowest BCUT2D eigenvalue weighted by atomic mass is 10.1. The Morgan fingerprint density at radius 3 is 2.28 bits per heavy atom. The van der Waals surface area contributed by atoms with E-state index in [2.05, 4.69) is 32.7 Å². The van der Waals surface area contributed by atoms with Gasteiger partial charge in [0.05, 0.1) is 6.04 Å². The molecule has 5 heteroatoms. The quantitative estimate of drug-likeness (QED) is 0.400. The summed E-state index contributed by atoms with van der Waals surface area (Å²) in [5.41, 5.74) is 5.78. The molecule has 1 atom stereocenters. The largest absolute Gasteiger partial charge is 0.346 e. The van der Waals surface area contributed by atoms with Gasteiger partial charge < -0.3 is 10.6 Å². The van der Waals surface area contributed by atoms with Crippen LogP contribution in [0.4, 0.5) is 11.5 Å². The number of nitrogens with zero attached hydrogens (tertiary/aromatic N) is 2. The highest BCUT2D eigenvalue weighted by Crippen LogP contribution is 2.21. The van der Waals surface area contributed by atoms with Crippen molar-refractivity contribution in [1.29, 1.82) is 0 Å². The first-order valence-corrected chi connectivity index (χ1v) is 10.6. The van der Waals surface area contributed by atoms with Gasteiger partial charge in [0.25, 0.3) is 5.91 Å². The molecule has 0 saturated heterocycles. The van der Waals surface area contributed by atoms with Crippen LogP contribution in [-0.2, 0) is 0 Å². The lowest BCUT2D eigenvalue weighted by Crippen LogP contribution is -2.26. The molecule has 3 aromatic carbocycles. The van der Waals surface area contributed by atoms with Crippen molar-refractivity contribution < 1.29 is 4.79 Å². The maximum absolute atomic E-state index is 12.8. The van der Waals surface area contributed by atoms with Crippen molar-refractivity contribution in [2.75, 3.05) is 5.32 Å². The number of amides is 1. The summed E-state index contributed by atoms with van der Waals surface area (Å²) in [7, 11) is 0. The molecular formula is C27H26N4O. The summed E-state index contributed by atoms with van der Waals surface area (Å²) < 4.78 is 0. The van der Waals surface area contributed by atoms with Gasteiger partial charge >= 0.3 is 0 Å². The van der Waals surface area contributed by atoms with Crippen molar-refractivity contribution in [2.24, 2.45) is 0 Å². The van der Waals surface area contributed by atoms with E-state index in [1.54, 1.807) is 12.3 Å². The minimum Gasteiger partial charge on any atom is -0.346 e. The fraction of sp³-hybridized carbons (Fsp3) is 0.148. The topological polar surface area (TPSA) is 66.9 Å². The number of anilines is 2. The molecule has 0 saturated carbocycles. The number of aryl methyl sites for hydroxylation is 2. The monoisotopic (exact) mass is 422 g/mol. The molecule has 0 unspecified atom stereocenters. The van der Waals surface area contributed by atoms with E-state index in [1.165, 1.54) is 11.1 Å². The first kappa shape index (κ1) is 21.2. The molecule has 1 aromatic heterocycles. The molecule has 1 heterocycles. The number of rotatable bonds is 6. The fourth-order valence-corrected chi connectivity index (χ4v) is 3.37. The molecule has 0 radical (unpaired) electrons. The van der Waals surface area contributed by atoms with Crippen molar-refractivity contribution in [3.63, 3.8) is 0 Å². The van der Waals surface area contributed by atoms with Crippen molar-refractivity contribution in [1.82, 2.24) is 15.3 Å². The number of benzene rings is 3. The van der Waals surface area contributed by atoms with Gasteiger partial charge in [0.1, 0.15) is 5.82 Å². The number of carbonyl (C=O) groups excluding carboxylic acids is 1. The van der Waals surface area contributed by atoms with E-state index in [1.807, 2.05) is 81.4 Å². The minimum atomic E-state index is -0.121. The van der Waals surface area contributed by atoms with E-state index in [9.17, 15) is 4.79 Å². The molecule has 0 fully saturated rings. The third kappa shape index (κ3) is 5.19. The molecule has 0 aliphatic rings. The molecule has 2 N–H and O–H groups in total. The molecule has 5 nitrogen and oxygen atoms in total. The van der Waals surface area contributed by atoms with Crippen molar-refractivity contribution in [3.8, 4) is 11.4 Å². The Morgan fingerprint density at radius 2 is 1.56 bits per heavy atom. The Kier molecular flexibility index (Phi) is 6.26. The van der Waals surface area contributed by atoms with Gasteiger partial charge in [-0.25, -0.2) is 9.97 Å². The number of aromatic nitrogens is 2. The second-order valence-electron chi connectivity index (χ2n) is 7.94. The van der Waals surface area contributed by atoms with Gasteiger partial charge in [-0.2, -0.15) is 0 Å². The average Bonchev–Trinajstić information content (AvgIpc) is 2.80. The van der Waals surface area contributed by atoms with E-state index >= 15 is 0 Å². The van der Waals surface area contributed by atoms with Crippen LogP contribution in [0.15, 0.2) is 85.1 Å². The third-order valence-corrected chi connectivity index (χ3v) is 5.29. The van der Waals surface area contributed by atoms with Crippen LogP contribution in [0.3, 0.4) is 0 Å². The van der Waals surface area contributed by atoms with Gasteiger partial charge in [-0.05, 0) is 50.6 Å². The SMILES string of the molecule is Cc1ccc(-c2nccc(Nc3cccc(C(=O)N[C@H](C)c4ccc(C)cc4)c3)n2)cc1. The summed E-state index contributed by atoms with van der Waals surface area (Å²) in [6.07, 6.45) is 1.73. The zero-order valence-corrected chi connectivity index (χ0v) is 18.5. The fourth-order valence-electron chi connectivity index (χ4n) is 3.37. The smallest absolute Gasteiger partial charge is 0.251 e. The minimum absolute atomic E-state index is 0.0846. The highest BCUT2D eigenvalue weighted by atomic mass is 16.1. The molecular weight excluding hydrogens is 396 g/mol. The second kappa shape index (κ2) is 9.43. The maximum atomic E-state index is 12.8. The molecule has 0 spiro atoms. The van der Waals surface area contributed by atoms with Gasteiger partial charge in [0.15, 0.2) is 5.82 Å². The predicted octanol–water partition coefficient (Wildman–Crippen LogP) is 6.00. The third-order valence-electron chi connectivity index (χ3n) is 5.29. The Bertz CT molecular complexity index is 1220. The summed E-state index contributed by atoms with van der Waals surface area (Å²) in [6.45, 7) is 6.08. The Morgan fingerprint density at radius 1 is 0.875 bits per heavy atom. The molecule has 1 amide bonds. The van der Waals surface area contributed by atoms with Crippen LogP contribution in [-0.4, -0.2) is 15.9 Å². The van der Waals surface area contributed by atoms with Gasteiger partial charge in [-0.15, -0.1) is 0 Å². The van der Waals surface area contributed by atoms with E-state index in [0.29, 0.717) is 17.2 Å². The van der Waals surface area contributed by atoms with Crippen LogP contribution < -0.4 is 10.6 Å². The highest BCUT2D eigenvalue weighted by molar-refractivity contribution is 5.95. The first-order chi connectivity index (χ1) is 15.5. The summed E-state index contributed by atoms with van der Waals surface area (Å²) >= 11 is 0. The van der Waals surface area contributed by atoms with Gasteiger partial charge in [-0.1, -0.05) is 65.7 Å². The van der Waals surface area contributed by atoms with Gasteiger partial charge in [0.2, 0.25) is 0 Å². The average molecular weight is 423 g/mol. The zero-order valence-electron chi connectivity index (χ0n) is 18.5. The van der Waals surface area contributed by atoms with Crippen LogP contribution in [0.25, 0.3) is 11.4 Å². The van der Waals surface area contributed by atoms with Crippen LogP contribution in [0.2, 0.25) is 0 Å². The summed E-state index contributed by atoms with van der Waals surface area (Å²) in [5, 5.41) is 6.35. The number of nitrogens with one attached hydrogen (secondary N) is 2. The maximum Gasteiger partial charge on any atom is 0.251 e. The summed E-state index contributed by atoms with van der Waals surface area (Å²) in [6, 6.07) is 25.4. The number of hydrogen-bond acceptors (Lipinski definition) is 4. The zero-order chi connectivity index (χ0) is 22.5. The molecule has 0 aliphatic carbocycles. The molecule has 32 heavy (non-hydrogen) atoms. The summed E-state index contributed by atoms with van der Waals surface area (Å²) in [4.78, 5) is 21.8. The van der Waals surface area contributed by atoms with E-state index in [0.717, 1.165) is 16.8 Å². The lowest BCUT2D eigenvalue weighted by molar-refractivity contribution is 0.0940. The normalized spacial score (nSPS) is 11.6. The Hall–Kier alpha value is -3.99. The van der Waals surface area contributed by atoms with Crippen molar-refractivity contribution in [3.05, 3.63) is 107 Å². The Balaban J connectivity index is 1.47. The van der Waals surface area contributed by atoms with Gasteiger partial charge in [-0.3, -0.25) is 4.79 Å². The van der Waals surface area contributed by atoms with Crippen molar-refractivity contribution >= 4 is 17.4 Å². The lowest BCUT2D eigenvalue weighted by Gasteiger charge is -2.15. The number of carbonyl (C=O) groups is 1. The Labute approximate surface area is 188 Å². The van der Waals surface area contributed by atoms with E-state index in [4.69, 9.17) is 0 Å². The second-order valence-corrected chi connectivity index (χ2v) is 7.94. The molecule has 4 rings (SSSR count). The van der Waals surface area contributed by atoms with E-state index in [-0.39, 0.29) is 11.9 Å². The van der Waals surface area contributed by atoms with E-state index < -0.39 is 0 Å². The summed E-state index contributed by atoms with van der Waals surface area (Å²) in [5.74, 6) is 1.20. The van der Waals surface area contributed by atoms with Crippen LogP contribution in [0.1, 0.15) is 40.0 Å². The molecule has 160 valence electrons. The van der Waals surface area contributed by atoms with Crippen LogP contribution in [0, 0.1) is 13.8 Å². The first-order valence-electron chi connectivity index (χ1n) is 10.6. The van der Waals surface area contributed by atoms with Crippen molar-refractivity contribution in [2.45, 2.75) is 26.8 Å². The standard InChI is InChI=1S/C27H26N4O/c1-18-7-11-21(12-8-18)20(3)29-27(32)23-5-4-6-24(17-23)30-25-15-16-28-26(31-25)22-13-9-19(2)10-14-22/h4-17,20H,1-3H3,(H,29,32)(H,28,30,31)/t20-/m1/s1. The van der Waals surface area contributed by atoms with Crippen LogP contribution >= 0.6 is 0 Å². The molecule has 0 bridgehead atoms. The number of hydrogen-bond donors (Lipinski definition) is 2. The van der Waals surface area contributed by atoms with Gasteiger partial charge in [0, 0.05) is 23.0 Å². The molecule has 4 aromatic rings. The van der Waals surface area contributed by atoms with Crippen LogP contribution in [0.5, 0.6) is 0 Å². The highest BCUT2D eigenvalue weighted by Gasteiger charge is 2.12. The molecule has 0 aliphatic heterocycles. The predicted molar refractivity (Wildman–Crippen MR) is 129 cm³/mol.